The van der Waals surface area contributed by atoms with Gasteiger partial charge in [0.15, 0.2) is 0 Å². The van der Waals surface area contributed by atoms with Crippen LogP contribution in [0.5, 0.6) is 0 Å². The Labute approximate surface area is 176 Å². The Kier molecular flexibility index (Phi) is 8.98. The summed E-state index contributed by atoms with van der Waals surface area (Å²) in [5.74, 6) is 0.130. The fourth-order valence-electron chi connectivity index (χ4n) is 2.54. The average molecular weight is 418 g/mol. The van der Waals surface area contributed by atoms with E-state index in [1.54, 1.807) is 0 Å². The molecule has 0 aromatic heterocycles. The molecule has 2 rings (SSSR count). The molecule has 0 spiro atoms. The molecule has 0 aliphatic carbocycles. The number of nitrogens with zero attached hydrogens (tertiary/aromatic N) is 3. The number of hydrogen-bond acceptors (Lipinski definition) is 3. The summed E-state index contributed by atoms with van der Waals surface area (Å²) in [6, 6.07) is 15.1. The summed E-state index contributed by atoms with van der Waals surface area (Å²) < 4.78 is 0. The van der Waals surface area contributed by atoms with Crippen molar-refractivity contribution in [3.63, 3.8) is 0 Å². The van der Waals surface area contributed by atoms with E-state index in [4.69, 9.17) is 28.9 Å². The number of guanidine groups is 1. The lowest BCUT2D eigenvalue weighted by molar-refractivity contribution is 0.932. The highest BCUT2D eigenvalue weighted by molar-refractivity contribution is 6.31. The fraction of sp³-hybridized carbons (Fsp3) is 0.286. The van der Waals surface area contributed by atoms with Crippen molar-refractivity contribution in [1.82, 2.24) is 5.43 Å². The fourth-order valence-corrected chi connectivity index (χ4v) is 2.79. The van der Waals surface area contributed by atoms with Gasteiger partial charge in [0.1, 0.15) is 0 Å². The molecular formula is C21H25Cl2N5. The molecule has 0 fully saturated rings. The largest absolute Gasteiger partial charge is 0.367 e. The van der Waals surface area contributed by atoms with Gasteiger partial charge in [-0.05, 0) is 48.2 Å². The summed E-state index contributed by atoms with van der Waals surface area (Å²) in [5, 5.41) is 14.2. The molecule has 7 heteroatoms. The molecule has 0 unspecified atom stereocenters. The molecule has 2 aromatic rings. The minimum absolute atomic E-state index is 0.130. The van der Waals surface area contributed by atoms with E-state index in [0.29, 0.717) is 10.0 Å². The van der Waals surface area contributed by atoms with Gasteiger partial charge in [0.25, 0.3) is 0 Å². The molecule has 0 saturated heterocycles. The van der Waals surface area contributed by atoms with Crippen molar-refractivity contribution in [2.24, 2.45) is 21.0 Å². The van der Waals surface area contributed by atoms with E-state index in [1.165, 1.54) is 0 Å². The lowest BCUT2D eigenvalue weighted by Crippen LogP contribution is -2.28. The van der Waals surface area contributed by atoms with Gasteiger partial charge in [-0.1, -0.05) is 74.2 Å². The SMILES string of the molecule is CCCC(=N/N=C(\N)NN=C(CCC)c1ccc(Cl)cc1)c1ccc(Cl)cc1. The van der Waals surface area contributed by atoms with E-state index in [2.05, 4.69) is 34.6 Å². The summed E-state index contributed by atoms with van der Waals surface area (Å²) in [4.78, 5) is 0. The topological polar surface area (TPSA) is 75.1 Å². The van der Waals surface area contributed by atoms with Gasteiger partial charge in [-0.25, -0.2) is 5.43 Å². The zero-order chi connectivity index (χ0) is 20.4. The lowest BCUT2D eigenvalue weighted by atomic mass is 10.1. The Balaban J connectivity index is 2.17. The second-order valence-electron chi connectivity index (χ2n) is 6.22. The highest BCUT2D eigenvalue weighted by Crippen LogP contribution is 2.14. The van der Waals surface area contributed by atoms with E-state index in [9.17, 15) is 0 Å². The minimum Gasteiger partial charge on any atom is -0.367 e. The van der Waals surface area contributed by atoms with Crippen LogP contribution in [0.25, 0.3) is 0 Å². The Morgan fingerprint density at radius 3 is 1.75 bits per heavy atom. The number of rotatable bonds is 8. The van der Waals surface area contributed by atoms with Crippen LogP contribution in [0.2, 0.25) is 10.0 Å². The first-order chi connectivity index (χ1) is 13.5. The van der Waals surface area contributed by atoms with Crippen LogP contribution in [-0.2, 0) is 0 Å². The maximum absolute atomic E-state index is 5.96. The van der Waals surface area contributed by atoms with Gasteiger partial charge in [0, 0.05) is 10.0 Å². The van der Waals surface area contributed by atoms with Gasteiger partial charge in [-0.3, -0.25) is 0 Å². The van der Waals surface area contributed by atoms with Crippen LogP contribution in [0.3, 0.4) is 0 Å². The predicted molar refractivity (Wildman–Crippen MR) is 121 cm³/mol. The van der Waals surface area contributed by atoms with Crippen molar-refractivity contribution >= 4 is 40.6 Å². The van der Waals surface area contributed by atoms with Crippen LogP contribution in [0, 0.1) is 0 Å². The molecule has 0 aliphatic rings. The van der Waals surface area contributed by atoms with Crippen LogP contribution in [0.1, 0.15) is 50.7 Å². The number of halogens is 2. The van der Waals surface area contributed by atoms with Crippen LogP contribution in [-0.4, -0.2) is 17.4 Å². The van der Waals surface area contributed by atoms with Crippen molar-refractivity contribution < 1.29 is 0 Å². The van der Waals surface area contributed by atoms with Crippen molar-refractivity contribution in [3.05, 3.63) is 69.7 Å². The van der Waals surface area contributed by atoms with E-state index in [0.717, 1.165) is 48.2 Å². The molecule has 3 N–H and O–H groups in total. The number of hydrogen-bond donors (Lipinski definition) is 2. The highest BCUT2D eigenvalue weighted by Gasteiger charge is 2.05. The first-order valence-electron chi connectivity index (χ1n) is 9.28. The number of hydrazone groups is 1. The molecule has 0 amide bonds. The quantitative estimate of drug-likeness (QED) is 0.332. The third-order valence-electron chi connectivity index (χ3n) is 3.91. The maximum atomic E-state index is 5.96. The Morgan fingerprint density at radius 2 is 1.25 bits per heavy atom. The van der Waals surface area contributed by atoms with E-state index in [1.807, 2.05) is 48.5 Å². The third kappa shape index (κ3) is 6.98. The van der Waals surface area contributed by atoms with Crippen molar-refractivity contribution in [2.75, 3.05) is 0 Å². The monoisotopic (exact) mass is 417 g/mol. The van der Waals surface area contributed by atoms with E-state index < -0.39 is 0 Å². The van der Waals surface area contributed by atoms with Gasteiger partial charge in [-0.15, -0.1) is 5.10 Å². The van der Waals surface area contributed by atoms with E-state index in [-0.39, 0.29) is 5.96 Å². The zero-order valence-corrected chi connectivity index (χ0v) is 17.6. The van der Waals surface area contributed by atoms with Crippen LogP contribution in [0.4, 0.5) is 0 Å². The maximum Gasteiger partial charge on any atom is 0.234 e. The van der Waals surface area contributed by atoms with Crippen LogP contribution in [0.15, 0.2) is 63.8 Å². The molecule has 2 aromatic carbocycles. The summed E-state index contributed by atoms with van der Waals surface area (Å²) in [5.41, 5.74) is 12.4. The summed E-state index contributed by atoms with van der Waals surface area (Å²) in [6.07, 6.45) is 3.49. The zero-order valence-electron chi connectivity index (χ0n) is 16.1. The minimum atomic E-state index is 0.130. The molecule has 0 heterocycles. The molecular weight excluding hydrogens is 393 g/mol. The predicted octanol–water partition coefficient (Wildman–Crippen LogP) is 5.61. The molecule has 0 radical (unpaired) electrons. The van der Waals surface area contributed by atoms with Gasteiger partial charge in [-0.2, -0.15) is 10.2 Å². The first-order valence-corrected chi connectivity index (χ1v) is 10.0. The second kappa shape index (κ2) is 11.5. The molecule has 0 atom stereocenters. The Bertz CT molecular complexity index is 840. The van der Waals surface area contributed by atoms with Crippen LogP contribution < -0.4 is 11.2 Å². The molecule has 0 bridgehead atoms. The third-order valence-corrected chi connectivity index (χ3v) is 4.42. The first kappa shape index (κ1) is 21.9. The molecule has 0 aliphatic heterocycles. The summed E-state index contributed by atoms with van der Waals surface area (Å²) >= 11 is 11.9. The summed E-state index contributed by atoms with van der Waals surface area (Å²) in [6.45, 7) is 4.18. The van der Waals surface area contributed by atoms with Gasteiger partial charge >= 0.3 is 0 Å². The molecule has 148 valence electrons. The normalized spacial score (nSPS) is 12.9. The number of nitrogens with one attached hydrogen (secondary N) is 1. The average Bonchev–Trinajstić information content (AvgIpc) is 2.70. The standard InChI is InChI=1S/C21H25Cl2N5/c1-3-5-19(15-7-11-17(22)12-8-15)25-27-21(24)28-26-20(6-4-2)16-9-13-18(23)14-10-16/h7-14H,3-6H2,1-2H3,(H3,24,27,28). The molecule has 5 nitrogen and oxygen atoms in total. The second-order valence-corrected chi connectivity index (χ2v) is 7.09. The molecule has 28 heavy (non-hydrogen) atoms. The molecule has 0 saturated carbocycles. The van der Waals surface area contributed by atoms with Crippen molar-refractivity contribution in [1.29, 1.82) is 0 Å². The highest BCUT2D eigenvalue weighted by atomic mass is 35.5. The van der Waals surface area contributed by atoms with Gasteiger partial charge < -0.3 is 5.73 Å². The summed E-state index contributed by atoms with van der Waals surface area (Å²) in [7, 11) is 0. The smallest absolute Gasteiger partial charge is 0.234 e. The lowest BCUT2D eigenvalue weighted by Gasteiger charge is -2.07. The van der Waals surface area contributed by atoms with Crippen molar-refractivity contribution in [3.8, 4) is 0 Å². The Hall–Kier alpha value is -2.37. The Morgan fingerprint density at radius 1 is 0.786 bits per heavy atom. The van der Waals surface area contributed by atoms with Gasteiger partial charge in [0.05, 0.1) is 11.4 Å². The number of nitrogens with two attached hydrogens (primary N) is 1. The number of benzene rings is 2. The van der Waals surface area contributed by atoms with Crippen molar-refractivity contribution in [2.45, 2.75) is 39.5 Å². The van der Waals surface area contributed by atoms with E-state index >= 15 is 0 Å². The van der Waals surface area contributed by atoms with Crippen LogP contribution >= 0.6 is 23.2 Å². The van der Waals surface area contributed by atoms with Gasteiger partial charge in [0.2, 0.25) is 5.96 Å².